The molecular formula is C15H18N4O6. The molecule has 1 heterocycles. The standard InChI is InChI=1S/C15H18N4O6/c20-11-6-13(22)12(21)4-9(11)7-17-25-3-1-2-16-8-10-5-14(23)19-15(24)18-10/h4-7,16,20-22H,1-3,8H2,(H2,18,19,23,24)/b17-7+. The molecule has 0 radical (unpaired) electrons. The summed E-state index contributed by atoms with van der Waals surface area (Å²) in [5, 5.41) is 34.8. The van der Waals surface area contributed by atoms with E-state index >= 15 is 0 Å². The van der Waals surface area contributed by atoms with Crippen molar-refractivity contribution in [3.8, 4) is 17.2 Å². The number of rotatable bonds is 8. The summed E-state index contributed by atoms with van der Waals surface area (Å²) < 4.78 is 0. The van der Waals surface area contributed by atoms with Crippen molar-refractivity contribution in [3.05, 3.63) is 50.3 Å². The summed E-state index contributed by atoms with van der Waals surface area (Å²) in [6.07, 6.45) is 1.82. The van der Waals surface area contributed by atoms with Gasteiger partial charge in [-0.2, -0.15) is 0 Å². The maximum atomic E-state index is 11.1. The van der Waals surface area contributed by atoms with Gasteiger partial charge in [-0.1, -0.05) is 5.16 Å². The zero-order valence-corrected chi connectivity index (χ0v) is 13.2. The number of aromatic amines is 2. The van der Waals surface area contributed by atoms with Crippen molar-refractivity contribution in [2.45, 2.75) is 13.0 Å². The minimum Gasteiger partial charge on any atom is -0.507 e. The SMILES string of the molecule is O=c1cc(CNCCCO/N=C/c2cc(O)c(O)cc2O)[nH]c(=O)[nH]1. The minimum absolute atomic E-state index is 0.201. The molecule has 0 saturated carbocycles. The Hall–Kier alpha value is -3.27. The molecule has 6 N–H and O–H groups in total. The summed E-state index contributed by atoms with van der Waals surface area (Å²) in [6, 6.07) is 3.45. The van der Waals surface area contributed by atoms with Gasteiger partial charge in [0.15, 0.2) is 11.5 Å². The van der Waals surface area contributed by atoms with Gasteiger partial charge in [0, 0.05) is 29.9 Å². The van der Waals surface area contributed by atoms with Gasteiger partial charge < -0.3 is 30.5 Å². The number of phenolic OH excluding ortho intramolecular Hbond substituents is 3. The van der Waals surface area contributed by atoms with Crippen LogP contribution < -0.4 is 16.6 Å². The molecule has 0 saturated heterocycles. The molecule has 25 heavy (non-hydrogen) atoms. The van der Waals surface area contributed by atoms with E-state index in [1.165, 1.54) is 12.3 Å². The first kappa shape index (κ1) is 18.1. The highest BCUT2D eigenvalue weighted by atomic mass is 16.6. The van der Waals surface area contributed by atoms with Gasteiger partial charge in [-0.15, -0.1) is 0 Å². The molecule has 0 fully saturated rings. The van der Waals surface area contributed by atoms with Gasteiger partial charge in [0.2, 0.25) is 0 Å². The third kappa shape index (κ3) is 5.70. The van der Waals surface area contributed by atoms with E-state index in [1.54, 1.807) is 0 Å². The van der Waals surface area contributed by atoms with Crippen molar-refractivity contribution in [2.24, 2.45) is 5.16 Å². The Balaban J connectivity index is 1.67. The Morgan fingerprint density at radius 1 is 1.08 bits per heavy atom. The molecule has 1 aromatic carbocycles. The second-order valence-corrected chi connectivity index (χ2v) is 5.11. The molecule has 0 spiro atoms. The monoisotopic (exact) mass is 350 g/mol. The second kappa shape index (κ2) is 8.55. The van der Waals surface area contributed by atoms with E-state index in [0.717, 1.165) is 12.1 Å². The Bertz CT molecular complexity index is 830. The molecule has 0 atom stereocenters. The van der Waals surface area contributed by atoms with E-state index in [4.69, 9.17) is 4.84 Å². The van der Waals surface area contributed by atoms with Crippen LogP contribution in [0.5, 0.6) is 17.2 Å². The van der Waals surface area contributed by atoms with Crippen LogP contribution in [-0.2, 0) is 11.4 Å². The van der Waals surface area contributed by atoms with E-state index in [-0.39, 0.29) is 17.1 Å². The first-order chi connectivity index (χ1) is 12.0. The molecule has 0 bridgehead atoms. The molecule has 0 aliphatic carbocycles. The summed E-state index contributed by atoms with van der Waals surface area (Å²) in [5.74, 6) is -1.04. The lowest BCUT2D eigenvalue weighted by Gasteiger charge is -2.04. The number of H-pyrrole nitrogens is 2. The fourth-order valence-electron chi connectivity index (χ4n) is 1.93. The number of benzene rings is 1. The van der Waals surface area contributed by atoms with Crippen LogP contribution in [0.4, 0.5) is 0 Å². The highest BCUT2D eigenvalue weighted by Crippen LogP contribution is 2.31. The molecule has 10 nitrogen and oxygen atoms in total. The molecule has 2 rings (SSSR count). The molecule has 1 aromatic heterocycles. The molecule has 10 heteroatoms. The first-order valence-corrected chi connectivity index (χ1v) is 7.39. The number of phenols is 3. The van der Waals surface area contributed by atoms with Crippen LogP contribution in [0.2, 0.25) is 0 Å². The summed E-state index contributed by atoms with van der Waals surface area (Å²) in [6.45, 7) is 1.19. The fourth-order valence-corrected chi connectivity index (χ4v) is 1.93. The Morgan fingerprint density at radius 2 is 1.84 bits per heavy atom. The van der Waals surface area contributed by atoms with E-state index in [9.17, 15) is 24.9 Å². The molecule has 0 unspecified atom stereocenters. The van der Waals surface area contributed by atoms with Crippen LogP contribution in [-0.4, -0.2) is 44.7 Å². The number of hydrogen-bond acceptors (Lipinski definition) is 8. The van der Waals surface area contributed by atoms with Gasteiger partial charge in [0.25, 0.3) is 5.56 Å². The molecule has 134 valence electrons. The third-order valence-corrected chi connectivity index (χ3v) is 3.11. The van der Waals surface area contributed by atoms with Gasteiger partial charge in [0.05, 0.1) is 6.21 Å². The van der Waals surface area contributed by atoms with E-state index < -0.39 is 17.0 Å². The van der Waals surface area contributed by atoms with Crippen molar-refractivity contribution in [3.63, 3.8) is 0 Å². The number of nitrogens with zero attached hydrogens (tertiary/aromatic N) is 1. The van der Waals surface area contributed by atoms with Gasteiger partial charge in [0.1, 0.15) is 12.4 Å². The van der Waals surface area contributed by atoms with Gasteiger partial charge in [-0.05, 0) is 19.0 Å². The van der Waals surface area contributed by atoms with Gasteiger partial charge in [-0.25, -0.2) is 4.79 Å². The summed E-state index contributed by atoms with van der Waals surface area (Å²) in [4.78, 5) is 31.8. The van der Waals surface area contributed by atoms with Crippen LogP contribution in [0.25, 0.3) is 0 Å². The quantitative estimate of drug-likeness (QED) is 0.125. The topological polar surface area (TPSA) is 160 Å². The minimum atomic E-state index is -0.550. The molecule has 2 aromatic rings. The lowest BCUT2D eigenvalue weighted by atomic mass is 10.2. The molecular weight excluding hydrogens is 332 g/mol. The number of hydrogen-bond donors (Lipinski definition) is 6. The molecule has 0 amide bonds. The van der Waals surface area contributed by atoms with Crippen LogP contribution >= 0.6 is 0 Å². The van der Waals surface area contributed by atoms with Gasteiger partial charge in [-0.3, -0.25) is 9.78 Å². The average molecular weight is 350 g/mol. The number of aromatic hydroxyl groups is 3. The summed E-state index contributed by atoms with van der Waals surface area (Å²) >= 11 is 0. The predicted octanol–water partition coefficient (Wildman–Crippen LogP) is -0.290. The second-order valence-electron chi connectivity index (χ2n) is 5.11. The van der Waals surface area contributed by atoms with Crippen LogP contribution in [0, 0.1) is 0 Å². The summed E-state index contributed by atoms with van der Waals surface area (Å²) in [7, 11) is 0. The predicted molar refractivity (Wildman–Crippen MR) is 89.0 cm³/mol. The maximum Gasteiger partial charge on any atom is 0.325 e. The third-order valence-electron chi connectivity index (χ3n) is 3.11. The fraction of sp³-hybridized carbons (Fsp3) is 0.267. The van der Waals surface area contributed by atoms with Crippen molar-refractivity contribution in [1.29, 1.82) is 0 Å². The maximum absolute atomic E-state index is 11.1. The zero-order valence-electron chi connectivity index (χ0n) is 13.2. The van der Waals surface area contributed by atoms with Crippen LogP contribution in [0.15, 0.2) is 32.9 Å². The van der Waals surface area contributed by atoms with Crippen LogP contribution in [0.3, 0.4) is 0 Å². The van der Waals surface area contributed by atoms with Crippen molar-refractivity contribution >= 4 is 6.21 Å². The Kier molecular flexibility index (Phi) is 6.18. The summed E-state index contributed by atoms with van der Waals surface area (Å²) in [5.41, 5.74) is -0.325. The average Bonchev–Trinajstić information content (AvgIpc) is 2.53. The van der Waals surface area contributed by atoms with E-state index in [0.29, 0.717) is 31.8 Å². The largest absolute Gasteiger partial charge is 0.507 e. The highest BCUT2D eigenvalue weighted by molar-refractivity contribution is 5.84. The normalized spacial score (nSPS) is 11.0. The zero-order chi connectivity index (χ0) is 18.2. The highest BCUT2D eigenvalue weighted by Gasteiger charge is 2.05. The lowest BCUT2D eigenvalue weighted by Crippen LogP contribution is -2.26. The van der Waals surface area contributed by atoms with Crippen molar-refractivity contribution in [1.82, 2.24) is 15.3 Å². The number of oxime groups is 1. The lowest BCUT2D eigenvalue weighted by molar-refractivity contribution is 0.143. The van der Waals surface area contributed by atoms with E-state index in [1.807, 2.05) is 0 Å². The Morgan fingerprint density at radius 3 is 2.60 bits per heavy atom. The Labute approximate surface area is 141 Å². The molecule has 0 aliphatic rings. The van der Waals surface area contributed by atoms with Crippen molar-refractivity contribution < 1.29 is 20.2 Å². The van der Waals surface area contributed by atoms with Crippen molar-refractivity contribution in [2.75, 3.05) is 13.2 Å². The number of aromatic nitrogens is 2. The smallest absolute Gasteiger partial charge is 0.325 e. The van der Waals surface area contributed by atoms with Crippen LogP contribution in [0.1, 0.15) is 17.7 Å². The van der Waals surface area contributed by atoms with E-state index in [2.05, 4.69) is 20.4 Å². The first-order valence-electron chi connectivity index (χ1n) is 7.39. The molecule has 0 aliphatic heterocycles. The van der Waals surface area contributed by atoms with Gasteiger partial charge >= 0.3 is 5.69 Å². The number of nitrogens with one attached hydrogen (secondary N) is 3.